The van der Waals surface area contributed by atoms with Crippen LogP contribution in [-0.4, -0.2) is 52.1 Å². The van der Waals surface area contributed by atoms with E-state index in [0.717, 1.165) is 0 Å². The normalized spacial score (nSPS) is 24.2. The summed E-state index contributed by atoms with van der Waals surface area (Å²) in [4.78, 5) is 41.7. The van der Waals surface area contributed by atoms with Gasteiger partial charge in [-0.2, -0.15) is 4.98 Å². The van der Waals surface area contributed by atoms with Gasteiger partial charge in [0.15, 0.2) is 12.0 Å². The summed E-state index contributed by atoms with van der Waals surface area (Å²) < 4.78 is 24.8. The lowest BCUT2D eigenvalue weighted by Crippen LogP contribution is -2.35. The number of nitrogens with zero attached hydrogens (tertiary/aromatic N) is 2. The fourth-order valence-electron chi connectivity index (χ4n) is 4.29. The van der Waals surface area contributed by atoms with Crippen LogP contribution in [0.4, 0.5) is 5.82 Å². The van der Waals surface area contributed by atoms with Crippen LogP contribution in [0.2, 0.25) is 0 Å². The molecule has 0 radical (unpaired) electrons. The van der Waals surface area contributed by atoms with Crippen molar-refractivity contribution in [2.24, 2.45) is 0 Å². The molecule has 2 aliphatic heterocycles. The van der Waals surface area contributed by atoms with Crippen LogP contribution < -0.4 is 11.0 Å². The van der Waals surface area contributed by atoms with E-state index in [4.69, 9.17) is 18.9 Å². The van der Waals surface area contributed by atoms with E-state index in [9.17, 15) is 14.4 Å². The number of fused-ring (bicyclic) bond motifs is 1. The highest BCUT2D eigenvalue weighted by Gasteiger charge is 2.56. The van der Waals surface area contributed by atoms with Crippen molar-refractivity contribution in [3.05, 3.63) is 94.5 Å². The van der Waals surface area contributed by atoms with Crippen LogP contribution in [0.25, 0.3) is 0 Å². The van der Waals surface area contributed by atoms with Crippen molar-refractivity contribution in [3.8, 4) is 0 Å². The van der Waals surface area contributed by atoms with E-state index in [1.165, 1.54) is 16.8 Å². The number of aromatic nitrogens is 2. The third kappa shape index (κ3) is 4.92. The number of anilines is 1. The lowest BCUT2D eigenvalue weighted by molar-refractivity contribution is -0.200. The van der Waals surface area contributed by atoms with Gasteiger partial charge in [-0.25, -0.2) is 9.59 Å². The topological polar surface area (TPSA) is 118 Å². The van der Waals surface area contributed by atoms with E-state index in [1.54, 1.807) is 68.4 Å². The van der Waals surface area contributed by atoms with Gasteiger partial charge in [0.1, 0.15) is 30.7 Å². The van der Waals surface area contributed by atoms with E-state index in [2.05, 4.69) is 10.3 Å². The Morgan fingerprint density at radius 1 is 0.972 bits per heavy atom. The molecule has 3 aromatic rings. The van der Waals surface area contributed by atoms with Crippen LogP contribution in [0.5, 0.6) is 0 Å². The van der Waals surface area contributed by atoms with Gasteiger partial charge in [-0.15, -0.1) is 0 Å². The summed E-state index contributed by atoms with van der Waals surface area (Å²) >= 11 is 0. The Morgan fingerprint density at radius 2 is 1.61 bits per heavy atom. The Balaban J connectivity index is 1.32. The second-order valence-electron chi connectivity index (χ2n) is 8.92. The second kappa shape index (κ2) is 9.65. The predicted molar refractivity (Wildman–Crippen MR) is 127 cm³/mol. The highest BCUT2D eigenvalue weighted by atomic mass is 16.8. The molecule has 0 spiro atoms. The molecule has 2 saturated heterocycles. The average molecular weight is 492 g/mol. The Morgan fingerprint density at radius 3 is 2.28 bits per heavy atom. The Bertz CT molecular complexity index is 1310. The molecule has 0 saturated carbocycles. The van der Waals surface area contributed by atoms with E-state index < -0.39 is 42.0 Å². The maximum absolute atomic E-state index is 12.9. The number of benzene rings is 2. The van der Waals surface area contributed by atoms with Crippen molar-refractivity contribution < 1.29 is 28.5 Å². The van der Waals surface area contributed by atoms with E-state index in [-0.39, 0.29) is 18.3 Å². The van der Waals surface area contributed by atoms with Gasteiger partial charge in [0.2, 0.25) is 0 Å². The largest absolute Gasteiger partial charge is 0.459 e. The molecule has 10 heteroatoms. The number of carbonyl (C=O) groups is 2. The van der Waals surface area contributed by atoms with Crippen molar-refractivity contribution >= 4 is 17.7 Å². The smallest absolute Gasteiger partial charge is 0.351 e. The molecule has 4 atom stereocenters. The minimum Gasteiger partial charge on any atom is -0.459 e. The average Bonchev–Trinajstić information content (AvgIpc) is 3.36. The number of hydrogen-bond donors (Lipinski definition) is 1. The lowest BCUT2D eigenvalue weighted by atomic mass is 10.1. The first kappa shape index (κ1) is 23.9. The van der Waals surface area contributed by atoms with Crippen LogP contribution in [0, 0.1) is 0 Å². The summed E-state index contributed by atoms with van der Waals surface area (Å²) in [5.41, 5.74) is 0.220. The lowest BCUT2D eigenvalue weighted by Gasteiger charge is -2.24. The minimum atomic E-state index is -0.917. The van der Waals surface area contributed by atoms with Crippen molar-refractivity contribution in [2.75, 3.05) is 11.9 Å². The molecule has 2 aliphatic rings. The number of esters is 1. The maximum atomic E-state index is 12.9. The third-order valence-corrected chi connectivity index (χ3v) is 5.90. The molecular weight excluding hydrogens is 466 g/mol. The molecular formula is C26H25N3O7. The first-order chi connectivity index (χ1) is 17.3. The predicted octanol–water partition coefficient (Wildman–Crippen LogP) is 2.77. The fourth-order valence-corrected chi connectivity index (χ4v) is 4.29. The summed E-state index contributed by atoms with van der Waals surface area (Å²) in [6.45, 7) is 3.44. The van der Waals surface area contributed by atoms with Gasteiger partial charge in [0.05, 0.1) is 5.56 Å². The number of ether oxygens (including phenoxy) is 4. The fraction of sp³-hybridized carbons (Fsp3) is 0.308. The molecule has 36 heavy (non-hydrogen) atoms. The van der Waals surface area contributed by atoms with E-state index >= 15 is 0 Å². The maximum Gasteiger partial charge on any atom is 0.351 e. The van der Waals surface area contributed by atoms with Gasteiger partial charge in [0, 0.05) is 11.8 Å². The van der Waals surface area contributed by atoms with Gasteiger partial charge in [0.25, 0.3) is 5.91 Å². The summed E-state index contributed by atoms with van der Waals surface area (Å²) in [5, 5.41) is 2.62. The quantitative estimate of drug-likeness (QED) is 0.523. The number of hydrogen-bond acceptors (Lipinski definition) is 8. The first-order valence-electron chi connectivity index (χ1n) is 11.5. The standard InChI is InChI=1S/C26H25N3O7/c1-26(2)35-20-18(15-33-24(31)17-11-7-4-8-12-17)34-23(21(20)36-26)29-14-13-19(28-25(29)32)27-22(30)16-9-5-3-6-10-16/h3-14,18,20-21,23H,15H2,1-2H3,(H,27,28,30,32)/t18-,20-,21+,23-/m0/s1. The second-order valence-corrected chi connectivity index (χ2v) is 8.92. The molecule has 186 valence electrons. The molecule has 2 aromatic carbocycles. The van der Waals surface area contributed by atoms with Gasteiger partial charge >= 0.3 is 11.7 Å². The van der Waals surface area contributed by atoms with Crippen molar-refractivity contribution in [1.29, 1.82) is 0 Å². The minimum absolute atomic E-state index is 0.0851. The van der Waals surface area contributed by atoms with Crippen LogP contribution in [-0.2, 0) is 18.9 Å². The monoisotopic (exact) mass is 491 g/mol. The molecule has 5 rings (SSSR count). The zero-order chi connectivity index (χ0) is 25.3. The van der Waals surface area contributed by atoms with Crippen molar-refractivity contribution in [2.45, 2.75) is 44.2 Å². The molecule has 1 N–H and O–H groups in total. The van der Waals surface area contributed by atoms with Crippen LogP contribution >= 0.6 is 0 Å². The number of rotatable bonds is 6. The van der Waals surface area contributed by atoms with Crippen LogP contribution in [0.3, 0.4) is 0 Å². The van der Waals surface area contributed by atoms with Crippen molar-refractivity contribution in [1.82, 2.24) is 9.55 Å². The Hall–Kier alpha value is -3.86. The molecule has 2 fully saturated rings. The molecule has 0 bridgehead atoms. The summed E-state index contributed by atoms with van der Waals surface area (Å²) in [7, 11) is 0. The Labute approximate surface area is 206 Å². The van der Waals surface area contributed by atoms with E-state index in [1.807, 2.05) is 6.07 Å². The van der Waals surface area contributed by atoms with Crippen LogP contribution in [0.15, 0.2) is 77.7 Å². The van der Waals surface area contributed by atoms with E-state index in [0.29, 0.717) is 11.1 Å². The molecule has 0 unspecified atom stereocenters. The SMILES string of the molecule is CC1(C)O[C@@H]2[C@@H](O1)[C@@H](n1ccc(NC(=O)c3ccccc3)nc1=O)O[C@H]2COC(=O)c1ccccc1. The zero-order valence-electron chi connectivity index (χ0n) is 19.7. The highest BCUT2D eigenvalue weighted by molar-refractivity contribution is 6.03. The third-order valence-electron chi connectivity index (χ3n) is 5.90. The molecule has 1 amide bonds. The van der Waals surface area contributed by atoms with Crippen molar-refractivity contribution in [3.63, 3.8) is 0 Å². The molecule has 0 aliphatic carbocycles. The zero-order valence-corrected chi connectivity index (χ0v) is 19.7. The summed E-state index contributed by atoms with van der Waals surface area (Å²) in [5.74, 6) is -1.68. The number of nitrogens with one attached hydrogen (secondary N) is 1. The van der Waals surface area contributed by atoms with Gasteiger partial charge in [-0.3, -0.25) is 9.36 Å². The molecule has 10 nitrogen and oxygen atoms in total. The van der Waals surface area contributed by atoms with Gasteiger partial charge in [-0.1, -0.05) is 36.4 Å². The van der Waals surface area contributed by atoms with Crippen LogP contribution in [0.1, 0.15) is 40.8 Å². The van der Waals surface area contributed by atoms with Gasteiger partial charge < -0.3 is 24.3 Å². The number of amides is 1. The highest BCUT2D eigenvalue weighted by Crippen LogP contribution is 2.42. The summed E-state index contributed by atoms with van der Waals surface area (Å²) in [6.07, 6.45) is -1.26. The van der Waals surface area contributed by atoms with Gasteiger partial charge in [-0.05, 0) is 44.2 Å². The summed E-state index contributed by atoms with van der Waals surface area (Å²) in [6, 6.07) is 18.7. The first-order valence-corrected chi connectivity index (χ1v) is 11.5. The molecule has 3 heterocycles. The number of carbonyl (C=O) groups excluding carboxylic acids is 2. The molecule has 1 aromatic heterocycles. The Kier molecular flexibility index (Phi) is 6.40.